The van der Waals surface area contributed by atoms with E-state index in [1.807, 2.05) is 0 Å². The Morgan fingerprint density at radius 2 is 0.880 bits per heavy atom. The summed E-state index contributed by atoms with van der Waals surface area (Å²) in [7, 11) is 0. The van der Waals surface area contributed by atoms with Crippen LogP contribution in [0, 0.1) is 0 Å². The number of anilines is 2. The van der Waals surface area contributed by atoms with Gasteiger partial charge in [-0.1, -0.05) is 36.4 Å². The molecular formula is C21H30AuClN2. The number of halogens is 1. The fourth-order valence-corrected chi connectivity index (χ4v) is 2.72. The molecule has 0 aliphatic rings. The Labute approximate surface area is 175 Å². The molecule has 0 aliphatic carbocycles. The van der Waals surface area contributed by atoms with Crippen molar-refractivity contribution in [1.82, 2.24) is 0 Å². The molecule has 2 nitrogen and oxygen atoms in total. The maximum atomic E-state index is 2.46. The molecule has 142 valence electrons. The van der Waals surface area contributed by atoms with Crippen LogP contribution in [0.5, 0.6) is 0 Å². The van der Waals surface area contributed by atoms with Gasteiger partial charge in [-0.2, -0.15) is 0 Å². The molecule has 4 heteroatoms. The van der Waals surface area contributed by atoms with Crippen LogP contribution < -0.4 is 22.2 Å². The van der Waals surface area contributed by atoms with E-state index in [1.54, 1.807) is 0 Å². The number of rotatable bonds is 4. The standard InChI is InChI=1S/C21H30N2.Au.ClH/c1-20(2,3)22(18-13-9-7-10-14-18)17-23(21(4,5)6)19-15-11-8-12-16-19;;/h7-16H,17H2,1-6H3;;1H/q;+1;/p-1. The first-order chi connectivity index (χ1) is 10.7. The van der Waals surface area contributed by atoms with E-state index in [0.29, 0.717) is 0 Å². The van der Waals surface area contributed by atoms with Gasteiger partial charge < -0.3 is 22.2 Å². The van der Waals surface area contributed by atoms with Crippen LogP contribution in [0.15, 0.2) is 60.7 Å². The van der Waals surface area contributed by atoms with Crippen molar-refractivity contribution in [3.05, 3.63) is 60.7 Å². The number of para-hydroxylation sites is 2. The summed E-state index contributed by atoms with van der Waals surface area (Å²) in [4.78, 5) is 4.93. The maximum Gasteiger partial charge on any atom is 1.00 e. The van der Waals surface area contributed by atoms with E-state index < -0.39 is 0 Å². The second-order valence-electron chi connectivity index (χ2n) is 8.01. The summed E-state index contributed by atoms with van der Waals surface area (Å²) in [6.45, 7) is 14.5. The van der Waals surface area contributed by atoms with E-state index in [0.717, 1.165) is 6.67 Å². The van der Waals surface area contributed by atoms with Crippen LogP contribution in [0.3, 0.4) is 0 Å². The van der Waals surface area contributed by atoms with Gasteiger partial charge in [-0.3, -0.25) is 0 Å². The molecule has 0 saturated carbocycles. The molecule has 0 fully saturated rings. The quantitative estimate of drug-likeness (QED) is 0.433. The molecule has 2 rings (SSSR count). The summed E-state index contributed by atoms with van der Waals surface area (Å²) in [5, 5.41) is 0. The smallest absolute Gasteiger partial charge is 1.00 e. The van der Waals surface area contributed by atoms with Crippen LogP contribution in [-0.4, -0.2) is 17.7 Å². The third-order valence-electron chi connectivity index (χ3n) is 4.04. The average molecular weight is 543 g/mol. The zero-order valence-electron chi connectivity index (χ0n) is 16.1. The molecule has 0 spiro atoms. The first-order valence-electron chi connectivity index (χ1n) is 8.35. The predicted molar refractivity (Wildman–Crippen MR) is 102 cm³/mol. The molecule has 0 saturated heterocycles. The van der Waals surface area contributed by atoms with Crippen LogP contribution in [0.4, 0.5) is 11.4 Å². The predicted octanol–water partition coefficient (Wildman–Crippen LogP) is 2.56. The molecule has 0 aromatic heterocycles. The second kappa shape index (κ2) is 9.68. The summed E-state index contributed by atoms with van der Waals surface area (Å²) in [5.74, 6) is 0. The Morgan fingerprint density at radius 3 is 1.12 bits per heavy atom. The van der Waals surface area contributed by atoms with Crippen LogP contribution >= 0.6 is 0 Å². The molecule has 0 aliphatic heterocycles. The van der Waals surface area contributed by atoms with E-state index in [1.165, 1.54) is 11.4 Å². The van der Waals surface area contributed by atoms with E-state index in [-0.39, 0.29) is 45.9 Å². The van der Waals surface area contributed by atoms with Gasteiger partial charge in [0.2, 0.25) is 0 Å². The minimum Gasteiger partial charge on any atom is -1.00 e. The second-order valence-corrected chi connectivity index (χ2v) is 8.01. The Bertz CT molecular complexity index is 548. The molecule has 2 aromatic rings. The van der Waals surface area contributed by atoms with E-state index in [9.17, 15) is 0 Å². The van der Waals surface area contributed by atoms with Crippen LogP contribution in [0.2, 0.25) is 0 Å². The topological polar surface area (TPSA) is 6.48 Å². The van der Waals surface area contributed by atoms with Crippen LogP contribution in [0.25, 0.3) is 0 Å². The van der Waals surface area contributed by atoms with Gasteiger partial charge in [-0.15, -0.1) is 0 Å². The van der Waals surface area contributed by atoms with Crippen molar-refractivity contribution in [2.75, 3.05) is 16.5 Å². The minimum absolute atomic E-state index is 0. The van der Waals surface area contributed by atoms with Crippen molar-refractivity contribution in [3.8, 4) is 0 Å². The molecule has 0 heterocycles. The monoisotopic (exact) mass is 542 g/mol. The van der Waals surface area contributed by atoms with E-state index in [2.05, 4.69) is 112 Å². The largest absolute Gasteiger partial charge is 1.00 e. The third kappa shape index (κ3) is 6.71. The number of benzene rings is 2. The van der Waals surface area contributed by atoms with Crippen LogP contribution in [0.1, 0.15) is 41.5 Å². The number of nitrogens with zero attached hydrogens (tertiary/aromatic N) is 2. The van der Waals surface area contributed by atoms with Gasteiger partial charge in [0.1, 0.15) is 0 Å². The van der Waals surface area contributed by atoms with Gasteiger partial charge in [0.05, 0.1) is 6.67 Å². The number of hydrogen-bond acceptors (Lipinski definition) is 2. The van der Waals surface area contributed by atoms with Gasteiger partial charge in [-0.25, -0.2) is 0 Å². The van der Waals surface area contributed by atoms with Gasteiger partial charge in [0.25, 0.3) is 0 Å². The zero-order valence-corrected chi connectivity index (χ0v) is 19.0. The van der Waals surface area contributed by atoms with Crippen molar-refractivity contribution < 1.29 is 34.8 Å². The Kier molecular flexibility index (Phi) is 9.32. The molecule has 0 bridgehead atoms. The molecule has 25 heavy (non-hydrogen) atoms. The Hall–Kier alpha value is -0.930. The number of hydrogen-bond donors (Lipinski definition) is 0. The fourth-order valence-electron chi connectivity index (χ4n) is 2.72. The van der Waals surface area contributed by atoms with Crippen LogP contribution in [-0.2, 0) is 22.4 Å². The molecule has 0 atom stereocenters. The van der Waals surface area contributed by atoms with Crippen molar-refractivity contribution in [2.24, 2.45) is 0 Å². The third-order valence-corrected chi connectivity index (χ3v) is 4.04. The molecule has 2 aromatic carbocycles. The molecule has 0 amide bonds. The van der Waals surface area contributed by atoms with Crippen molar-refractivity contribution >= 4 is 11.4 Å². The van der Waals surface area contributed by atoms with E-state index >= 15 is 0 Å². The first kappa shape index (κ1) is 24.1. The average Bonchev–Trinajstić information content (AvgIpc) is 2.47. The van der Waals surface area contributed by atoms with Gasteiger partial charge in [-0.05, 0) is 65.8 Å². The molecular weight excluding hydrogens is 513 g/mol. The summed E-state index contributed by atoms with van der Waals surface area (Å²) in [6.07, 6.45) is 0. The molecule has 0 N–H and O–H groups in total. The first-order valence-corrected chi connectivity index (χ1v) is 8.35. The minimum atomic E-state index is 0. The van der Waals surface area contributed by atoms with E-state index in [4.69, 9.17) is 0 Å². The Balaban J connectivity index is 0.00000288. The molecule has 0 radical (unpaired) electrons. The fraction of sp³-hybridized carbons (Fsp3) is 0.429. The summed E-state index contributed by atoms with van der Waals surface area (Å²) in [6, 6.07) is 21.3. The van der Waals surface area contributed by atoms with Gasteiger partial charge >= 0.3 is 22.4 Å². The Morgan fingerprint density at radius 1 is 0.600 bits per heavy atom. The summed E-state index contributed by atoms with van der Waals surface area (Å²) >= 11 is 0. The maximum absolute atomic E-state index is 2.46. The molecule has 0 unspecified atom stereocenters. The zero-order chi connectivity index (χ0) is 17.1. The van der Waals surface area contributed by atoms with Gasteiger partial charge in [0, 0.05) is 22.5 Å². The van der Waals surface area contributed by atoms with Crippen molar-refractivity contribution in [1.29, 1.82) is 0 Å². The van der Waals surface area contributed by atoms with Gasteiger partial charge in [0.15, 0.2) is 0 Å². The summed E-state index contributed by atoms with van der Waals surface area (Å²) < 4.78 is 0. The SMILES string of the molecule is CC(C)(C)N(CN(c1ccccc1)C(C)(C)C)c1ccccc1.[Au+].[Cl-]. The van der Waals surface area contributed by atoms with Crippen molar-refractivity contribution in [2.45, 2.75) is 52.6 Å². The van der Waals surface area contributed by atoms with Crippen molar-refractivity contribution in [3.63, 3.8) is 0 Å². The summed E-state index contributed by atoms with van der Waals surface area (Å²) in [5.41, 5.74) is 2.59. The normalized spacial score (nSPS) is 11.1.